The van der Waals surface area contributed by atoms with E-state index in [-0.39, 0.29) is 23.7 Å². The van der Waals surface area contributed by atoms with Crippen LogP contribution in [0.25, 0.3) is 22.8 Å². The van der Waals surface area contributed by atoms with Crippen LogP contribution in [0.2, 0.25) is 5.02 Å². The number of amides is 1. The van der Waals surface area contributed by atoms with Crippen LogP contribution in [0.15, 0.2) is 53.1 Å². The summed E-state index contributed by atoms with van der Waals surface area (Å²) in [7, 11) is 0. The van der Waals surface area contributed by atoms with E-state index in [2.05, 4.69) is 10.1 Å². The molecular weight excluding hydrogens is 418 g/mol. The zero-order chi connectivity index (χ0) is 21.8. The fourth-order valence-corrected chi connectivity index (χ4v) is 3.82. The van der Waals surface area contributed by atoms with Gasteiger partial charge in [0.25, 0.3) is 11.8 Å². The van der Waals surface area contributed by atoms with Gasteiger partial charge in [-0.3, -0.25) is 9.59 Å². The molecule has 0 radical (unpaired) electrons. The average molecular weight is 440 g/mol. The summed E-state index contributed by atoms with van der Waals surface area (Å²) in [4.78, 5) is 31.6. The van der Waals surface area contributed by atoms with Gasteiger partial charge in [-0.2, -0.15) is 4.98 Å². The number of likely N-dealkylation sites (tertiary alicyclic amines) is 1. The molecule has 3 aromatic rings. The molecule has 1 atom stereocenters. The van der Waals surface area contributed by atoms with E-state index in [1.54, 1.807) is 54.3 Å². The van der Waals surface area contributed by atoms with Gasteiger partial charge in [-0.1, -0.05) is 28.9 Å². The van der Waals surface area contributed by atoms with Crippen molar-refractivity contribution in [2.75, 3.05) is 19.7 Å². The molecule has 31 heavy (non-hydrogen) atoms. The molecule has 0 spiro atoms. The monoisotopic (exact) mass is 439 g/mol. The van der Waals surface area contributed by atoms with Crippen LogP contribution < -0.4 is 0 Å². The third-order valence-corrected chi connectivity index (χ3v) is 5.50. The normalized spacial score (nSPS) is 16.2. The topological polar surface area (TPSA) is 85.5 Å². The molecule has 0 N–H and O–H groups in total. The predicted octanol–water partition coefficient (Wildman–Crippen LogP) is 4.47. The Morgan fingerprint density at radius 3 is 2.74 bits per heavy atom. The van der Waals surface area contributed by atoms with Gasteiger partial charge in [-0.15, -0.1) is 0 Å². The maximum atomic E-state index is 13.3. The molecule has 1 amide bonds. The van der Waals surface area contributed by atoms with Gasteiger partial charge in [0, 0.05) is 23.7 Å². The van der Waals surface area contributed by atoms with Crippen molar-refractivity contribution in [3.05, 3.63) is 59.1 Å². The van der Waals surface area contributed by atoms with Crippen LogP contribution in [0.1, 0.15) is 30.1 Å². The zero-order valence-corrected chi connectivity index (χ0v) is 17.8. The van der Waals surface area contributed by atoms with Gasteiger partial charge in [-0.05, 0) is 56.2 Å². The van der Waals surface area contributed by atoms with Crippen LogP contribution in [-0.4, -0.2) is 46.6 Å². The van der Waals surface area contributed by atoms with Gasteiger partial charge >= 0.3 is 5.97 Å². The Balaban J connectivity index is 1.58. The van der Waals surface area contributed by atoms with Gasteiger partial charge in [0.05, 0.1) is 23.7 Å². The van der Waals surface area contributed by atoms with Crippen LogP contribution in [0.4, 0.5) is 0 Å². The molecule has 0 bridgehead atoms. The Kier molecular flexibility index (Phi) is 6.32. The Morgan fingerprint density at radius 2 is 1.97 bits per heavy atom. The lowest BCUT2D eigenvalue weighted by Gasteiger charge is -2.31. The highest BCUT2D eigenvalue weighted by atomic mass is 35.5. The molecular formula is C23H22ClN3O4. The highest BCUT2D eigenvalue weighted by Gasteiger charge is 2.31. The minimum Gasteiger partial charge on any atom is -0.466 e. The summed E-state index contributed by atoms with van der Waals surface area (Å²) in [5, 5.41) is 4.66. The zero-order valence-electron chi connectivity index (χ0n) is 17.1. The smallest absolute Gasteiger partial charge is 0.310 e. The maximum Gasteiger partial charge on any atom is 0.310 e. The lowest BCUT2D eigenvalue weighted by molar-refractivity contribution is -0.149. The summed E-state index contributed by atoms with van der Waals surface area (Å²) >= 11 is 5.94. The number of rotatable bonds is 5. The molecule has 160 valence electrons. The summed E-state index contributed by atoms with van der Waals surface area (Å²) in [5.41, 5.74) is 1.77. The Labute approximate surface area is 185 Å². The molecule has 7 nitrogen and oxygen atoms in total. The summed E-state index contributed by atoms with van der Waals surface area (Å²) in [5.74, 6) is -0.0551. The van der Waals surface area contributed by atoms with Crippen LogP contribution in [0.3, 0.4) is 0 Å². The average Bonchev–Trinajstić information content (AvgIpc) is 3.29. The standard InChI is InChI=1S/C23H22ClN3O4/c1-2-30-23(29)16-6-5-13-27(14-16)22(28)19-8-4-3-7-18(19)21-25-20(26-31-21)15-9-11-17(24)12-10-15/h3-4,7-12,16H,2,5-6,13-14H2,1H3/t16-/m0/s1. The number of carbonyl (C=O) groups is 2. The van der Waals surface area contributed by atoms with Crippen molar-refractivity contribution in [1.29, 1.82) is 0 Å². The number of halogens is 1. The molecule has 4 rings (SSSR count). The molecule has 1 fully saturated rings. The molecule has 1 saturated heterocycles. The van der Waals surface area contributed by atoms with E-state index in [0.29, 0.717) is 41.7 Å². The summed E-state index contributed by atoms with van der Waals surface area (Å²) in [6, 6.07) is 14.2. The second-order valence-corrected chi connectivity index (χ2v) is 7.75. The Hall–Kier alpha value is -3.19. The molecule has 0 saturated carbocycles. The van der Waals surface area contributed by atoms with Crippen molar-refractivity contribution < 1.29 is 18.8 Å². The van der Waals surface area contributed by atoms with Gasteiger partial charge in [0.2, 0.25) is 5.82 Å². The predicted molar refractivity (Wildman–Crippen MR) is 115 cm³/mol. The van der Waals surface area contributed by atoms with Gasteiger partial charge in [-0.25, -0.2) is 0 Å². The number of benzene rings is 2. The number of piperidine rings is 1. The quantitative estimate of drug-likeness (QED) is 0.545. The van der Waals surface area contributed by atoms with Crippen LogP contribution in [0.5, 0.6) is 0 Å². The summed E-state index contributed by atoms with van der Waals surface area (Å²) in [6.45, 7) is 3.04. The van der Waals surface area contributed by atoms with E-state index in [1.165, 1.54) is 0 Å². The number of carbonyl (C=O) groups excluding carboxylic acids is 2. The SMILES string of the molecule is CCOC(=O)[C@H]1CCCN(C(=O)c2ccccc2-c2nc(-c3ccc(Cl)cc3)no2)C1. The first-order valence-electron chi connectivity index (χ1n) is 10.2. The highest BCUT2D eigenvalue weighted by molar-refractivity contribution is 6.30. The number of nitrogens with zero attached hydrogens (tertiary/aromatic N) is 3. The second-order valence-electron chi connectivity index (χ2n) is 7.32. The number of hydrogen-bond donors (Lipinski definition) is 0. The molecule has 1 aliphatic rings. The third-order valence-electron chi connectivity index (χ3n) is 5.24. The summed E-state index contributed by atoms with van der Waals surface area (Å²) < 4.78 is 10.6. The number of ether oxygens (including phenoxy) is 1. The van der Waals surface area contributed by atoms with Gasteiger partial charge in [0.15, 0.2) is 0 Å². The third kappa shape index (κ3) is 4.61. The molecule has 0 unspecified atom stereocenters. The fraction of sp³-hybridized carbons (Fsp3) is 0.304. The first kappa shape index (κ1) is 21.1. The first-order chi connectivity index (χ1) is 15.1. The van der Waals surface area contributed by atoms with Crippen molar-refractivity contribution in [2.45, 2.75) is 19.8 Å². The molecule has 1 aliphatic heterocycles. The molecule has 8 heteroatoms. The summed E-state index contributed by atoms with van der Waals surface area (Å²) in [6.07, 6.45) is 1.47. The van der Waals surface area contributed by atoms with E-state index < -0.39 is 0 Å². The first-order valence-corrected chi connectivity index (χ1v) is 10.6. The molecule has 2 heterocycles. The van der Waals surface area contributed by atoms with Crippen molar-refractivity contribution in [2.24, 2.45) is 5.92 Å². The van der Waals surface area contributed by atoms with Crippen molar-refractivity contribution in [3.8, 4) is 22.8 Å². The lowest BCUT2D eigenvalue weighted by Crippen LogP contribution is -2.43. The Morgan fingerprint density at radius 1 is 1.19 bits per heavy atom. The van der Waals surface area contributed by atoms with Crippen LogP contribution in [-0.2, 0) is 9.53 Å². The van der Waals surface area contributed by atoms with E-state index in [9.17, 15) is 9.59 Å². The molecule has 2 aromatic carbocycles. The van der Waals surface area contributed by atoms with Crippen molar-refractivity contribution in [3.63, 3.8) is 0 Å². The minimum absolute atomic E-state index is 0.171. The van der Waals surface area contributed by atoms with Crippen molar-refractivity contribution >= 4 is 23.5 Å². The number of esters is 1. The van der Waals surface area contributed by atoms with E-state index in [0.717, 1.165) is 18.4 Å². The largest absolute Gasteiger partial charge is 0.466 e. The van der Waals surface area contributed by atoms with E-state index in [1.807, 2.05) is 6.07 Å². The highest BCUT2D eigenvalue weighted by Crippen LogP contribution is 2.28. The molecule has 1 aromatic heterocycles. The number of aromatic nitrogens is 2. The van der Waals surface area contributed by atoms with E-state index >= 15 is 0 Å². The number of hydrogen-bond acceptors (Lipinski definition) is 6. The van der Waals surface area contributed by atoms with Gasteiger partial charge in [0.1, 0.15) is 0 Å². The molecule has 0 aliphatic carbocycles. The van der Waals surface area contributed by atoms with Crippen LogP contribution in [0, 0.1) is 5.92 Å². The van der Waals surface area contributed by atoms with E-state index in [4.69, 9.17) is 20.9 Å². The lowest BCUT2D eigenvalue weighted by atomic mass is 9.96. The van der Waals surface area contributed by atoms with Crippen molar-refractivity contribution in [1.82, 2.24) is 15.0 Å². The fourth-order valence-electron chi connectivity index (χ4n) is 3.69. The van der Waals surface area contributed by atoms with Crippen LogP contribution >= 0.6 is 11.6 Å². The Bertz CT molecular complexity index is 1080. The minimum atomic E-state index is -0.301. The maximum absolute atomic E-state index is 13.3. The van der Waals surface area contributed by atoms with Gasteiger partial charge < -0.3 is 14.2 Å². The second kappa shape index (κ2) is 9.31.